The Hall–Kier alpha value is -0.880. The summed E-state index contributed by atoms with van der Waals surface area (Å²) in [6.07, 6.45) is 1.69. The molecule has 1 aliphatic heterocycles. The fourth-order valence-corrected chi connectivity index (χ4v) is 5.92. The summed E-state index contributed by atoms with van der Waals surface area (Å²) in [6.45, 7) is 7.10. The van der Waals surface area contributed by atoms with Crippen molar-refractivity contribution in [2.45, 2.75) is 43.3 Å². The topological polar surface area (TPSA) is 54.5 Å². The van der Waals surface area contributed by atoms with Gasteiger partial charge in [0.05, 0.1) is 21.1 Å². The van der Waals surface area contributed by atoms with Gasteiger partial charge in [0.15, 0.2) is 9.84 Å². The highest BCUT2D eigenvalue weighted by Gasteiger charge is 2.39. The lowest BCUT2D eigenvalue weighted by Gasteiger charge is -2.42. The normalized spacial score (nSPS) is 21.8. The molecule has 1 aromatic rings. The summed E-state index contributed by atoms with van der Waals surface area (Å²) in [5, 5.41) is 0. The third-order valence-electron chi connectivity index (χ3n) is 4.72. The average molecular weight is 344 g/mol. The Kier molecular flexibility index (Phi) is 5.33. The molecule has 0 aromatic heterocycles. The molecule has 0 N–H and O–H groups in total. The molecule has 2 rings (SSSR count). The zero-order valence-corrected chi connectivity index (χ0v) is 15.2. The van der Waals surface area contributed by atoms with Crippen LogP contribution in [0.25, 0.3) is 0 Å². The summed E-state index contributed by atoms with van der Waals surface area (Å²) < 4.78 is 36.9. The highest BCUT2D eigenvalue weighted by Crippen LogP contribution is 2.34. The molecule has 0 radical (unpaired) electrons. The molecule has 0 aliphatic carbocycles. The smallest absolute Gasteiger partial charge is 0.180 e. The van der Waals surface area contributed by atoms with Gasteiger partial charge in [0.25, 0.3) is 0 Å². The van der Waals surface area contributed by atoms with Crippen LogP contribution in [0.2, 0.25) is 0 Å². The Morgan fingerprint density at radius 3 is 2.41 bits per heavy atom. The molecule has 0 saturated carbocycles. The van der Waals surface area contributed by atoms with Gasteiger partial charge in [-0.3, -0.25) is 4.21 Å². The van der Waals surface area contributed by atoms with E-state index in [0.717, 1.165) is 18.5 Å². The van der Waals surface area contributed by atoms with E-state index in [9.17, 15) is 12.6 Å². The molecule has 1 aliphatic rings. The second-order valence-electron chi connectivity index (χ2n) is 5.73. The van der Waals surface area contributed by atoms with Gasteiger partial charge in [-0.25, -0.2) is 8.42 Å². The van der Waals surface area contributed by atoms with E-state index in [1.807, 2.05) is 12.1 Å². The predicted octanol–water partition coefficient (Wildman–Crippen LogP) is 2.61. The van der Waals surface area contributed by atoms with Crippen molar-refractivity contribution >= 4 is 26.3 Å². The van der Waals surface area contributed by atoms with Crippen LogP contribution < -0.4 is 4.90 Å². The molecular formula is C16H25NO3S2. The molecular weight excluding hydrogens is 318 g/mol. The van der Waals surface area contributed by atoms with Gasteiger partial charge >= 0.3 is 0 Å². The Bertz CT molecular complexity index is 651. The van der Waals surface area contributed by atoms with Gasteiger partial charge in [0.1, 0.15) is 0 Å². The van der Waals surface area contributed by atoms with Crippen molar-refractivity contribution in [1.82, 2.24) is 0 Å². The standard InChI is InChI=1S/C16H25NO3S2/c1-4-16(5-2)13-17(11-12-21(16)18)14-9-7-8-10-15(14)22(19,20)6-3/h7-10H,4-6,11-13H2,1-3H3/t21-/m0/s1. The first-order valence-electron chi connectivity index (χ1n) is 7.85. The van der Waals surface area contributed by atoms with Crippen LogP contribution in [-0.2, 0) is 20.6 Å². The van der Waals surface area contributed by atoms with Gasteiger partial charge in [0, 0.05) is 29.6 Å². The second kappa shape index (κ2) is 6.71. The molecule has 1 aromatic carbocycles. The SMILES string of the molecule is CCC1(CC)CN(c2ccccc2S(=O)(=O)CC)CC[S@@]1=O. The Labute approximate surface area is 136 Å². The van der Waals surface area contributed by atoms with Crippen LogP contribution in [0.3, 0.4) is 0 Å². The fourth-order valence-electron chi connectivity index (χ4n) is 3.05. The van der Waals surface area contributed by atoms with E-state index in [1.54, 1.807) is 19.1 Å². The maximum absolute atomic E-state index is 12.5. The summed E-state index contributed by atoms with van der Waals surface area (Å²) in [4.78, 5) is 2.50. The fraction of sp³-hybridized carbons (Fsp3) is 0.625. The largest absolute Gasteiger partial charge is 0.368 e. The first-order valence-corrected chi connectivity index (χ1v) is 10.8. The number of anilines is 1. The van der Waals surface area contributed by atoms with E-state index in [2.05, 4.69) is 18.7 Å². The van der Waals surface area contributed by atoms with Gasteiger partial charge < -0.3 is 4.90 Å². The molecule has 1 fully saturated rings. The number of nitrogens with zero attached hydrogens (tertiary/aromatic N) is 1. The minimum absolute atomic E-state index is 0.0937. The number of para-hydroxylation sites is 1. The van der Waals surface area contributed by atoms with Crippen LogP contribution in [0.15, 0.2) is 29.2 Å². The molecule has 0 amide bonds. The van der Waals surface area contributed by atoms with Crippen molar-refractivity contribution in [2.24, 2.45) is 0 Å². The lowest BCUT2D eigenvalue weighted by molar-refractivity contribution is 0.495. The number of hydrogen-bond donors (Lipinski definition) is 0. The van der Waals surface area contributed by atoms with Crippen molar-refractivity contribution in [3.05, 3.63) is 24.3 Å². The molecule has 6 heteroatoms. The van der Waals surface area contributed by atoms with Crippen molar-refractivity contribution in [1.29, 1.82) is 0 Å². The van der Waals surface area contributed by atoms with Gasteiger partial charge in [-0.05, 0) is 25.0 Å². The molecule has 1 atom stereocenters. The summed E-state index contributed by atoms with van der Waals surface area (Å²) >= 11 is 0. The highest BCUT2D eigenvalue weighted by atomic mass is 32.2. The van der Waals surface area contributed by atoms with E-state index < -0.39 is 20.6 Å². The molecule has 0 bridgehead atoms. The molecule has 124 valence electrons. The number of benzene rings is 1. The van der Waals surface area contributed by atoms with Crippen LogP contribution in [-0.4, -0.2) is 42.0 Å². The molecule has 1 heterocycles. The average Bonchev–Trinajstić information content (AvgIpc) is 2.55. The van der Waals surface area contributed by atoms with Crippen LogP contribution in [0.5, 0.6) is 0 Å². The van der Waals surface area contributed by atoms with Crippen LogP contribution >= 0.6 is 0 Å². The van der Waals surface area contributed by atoms with E-state index in [0.29, 0.717) is 23.7 Å². The Morgan fingerprint density at radius 2 is 1.82 bits per heavy atom. The zero-order valence-electron chi connectivity index (χ0n) is 13.5. The molecule has 4 nitrogen and oxygen atoms in total. The summed E-state index contributed by atoms with van der Waals surface area (Å²) in [7, 11) is -4.11. The zero-order chi connectivity index (χ0) is 16.4. The van der Waals surface area contributed by atoms with Crippen molar-refractivity contribution < 1.29 is 12.6 Å². The van der Waals surface area contributed by atoms with Gasteiger partial charge in [-0.1, -0.05) is 32.9 Å². The third kappa shape index (κ3) is 3.08. The Balaban J connectivity index is 2.44. The molecule has 0 unspecified atom stereocenters. The quantitative estimate of drug-likeness (QED) is 0.825. The number of sulfone groups is 1. The minimum atomic E-state index is -3.26. The minimum Gasteiger partial charge on any atom is -0.368 e. The summed E-state index contributed by atoms with van der Waals surface area (Å²) in [5.74, 6) is 0.693. The van der Waals surface area contributed by atoms with E-state index in [1.165, 1.54) is 0 Å². The van der Waals surface area contributed by atoms with Crippen LogP contribution in [0, 0.1) is 0 Å². The summed E-state index contributed by atoms with van der Waals surface area (Å²) in [5.41, 5.74) is 0.757. The van der Waals surface area contributed by atoms with E-state index in [-0.39, 0.29) is 10.5 Å². The third-order valence-corrected chi connectivity index (χ3v) is 8.72. The number of hydrogen-bond acceptors (Lipinski definition) is 4. The predicted molar refractivity (Wildman–Crippen MR) is 92.7 cm³/mol. The monoisotopic (exact) mass is 343 g/mol. The van der Waals surface area contributed by atoms with Crippen molar-refractivity contribution in [3.8, 4) is 0 Å². The molecule has 22 heavy (non-hydrogen) atoms. The van der Waals surface area contributed by atoms with E-state index in [4.69, 9.17) is 0 Å². The first-order chi connectivity index (χ1) is 10.4. The van der Waals surface area contributed by atoms with Gasteiger partial charge in [-0.2, -0.15) is 0 Å². The van der Waals surface area contributed by atoms with Gasteiger partial charge in [0.2, 0.25) is 0 Å². The second-order valence-corrected chi connectivity index (χ2v) is 9.94. The van der Waals surface area contributed by atoms with Gasteiger partial charge in [-0.15, -0.1) is 0 Å². The molecule has 1 saturated heterocycles. The van der Waals surface area contributed by atoms with Crippen molar-refractivity contribution in [2.75, 3.05) is 29.5 Å². The summed E-state index contributed by atoms with van der Waals surface area (Å²) in [6, 6.07) is 7.18. The highest BCUT2D eigenvalue weighted by molar-refractivity contribution is 7.91. The maximum atomic E-state index is 12.5. The lowest BCUT2D eigenvalue weighted by atomic mass is 10.0. The lowest BCUT2D eigenvalue weighted by Crippen LogP contribution is -2.53. The van der Waals surface area contributed by atoms with Crippen molar-refractivity contribution in [3.63, 3.8) is 0 Å². The molecule has 0 spiro atoms. The number of rotatable bonds is 5. The van der Waals surface area contributed by atoms with Crippen LogP contribution in [0.1, 0.15) is 33.6 Å². The van der Waals surface area contributed by atoms with Crippen LogP contribution in [0.4, 0.5) is 5.69 Å². The maximum Gasteiger partial charge on any atom is 0.180 e. The van der Waals surface area contributed by atoms with E-state index >= 15 is 0 Å². The Morgan fingerprint density at radius 1 is 1.18 bits per heavy atom. The first kappa shape index (κ1) is 17.5.